The molecule has 0 spiro atoms. The second kappa shape index (κ2) is 7.15. The van der Waals surface area contributed by atoms with Crippen LogP contribution in [0.1, 0.15) is 49.9 Å². The Kier molecular flexibility index (Phi) is 5.25. The van der Waals surface area contributed by atoms with Crippen LogP contribution < -0.4 is 0 Å². The van der Waals surface area contributed by atoms with Crippen molar-refractivity contribution < 1.29 is 17.7 Å². The van der Waals surface area contributed by atoms with Crippen molar-refractivity contribution in [1.29, 1.82) is 0 Å². The fourth-order valence-electron chi connectivity index (χ4n) is 3.61. The molecule has 1 aromatic heterocycles. The summed E-state index contributed by atoms with van der Waals surface area (Å²) in [5.74, 6) is 0.208. The molecule has 7 nitrogen and oxygen atoms in total. The lowest BCUT2D eigenvalue weighted by atomic mass is 10.0. The van der Waals surface area contributed by atoms with Gasteiger partial charge in [0.1, 0.15) is 0 Å². The van der Waals surface area contributed by atoms with E-state index in [2.05, 4.69) is 16.1 Å². The van der Waals surface area contributed by atoms with E-state index < -0.39 is 9.84 Å². The molecule has 3 rings (SSSR count). The lowest BCUT2D eigenvalue weighted by Gasteiger charge is -2.43. The zero-order valence-electron chi connectivity index (χ0n) is 15.8. The second-order valence-corrected chi connectivity index (χ2v) is 9.91. The van der Waals surface area contributed by atoms with Crippen LogP contribution in [0.4, 0.5) is 0 Å². The van der Waals surface area contributed by atoms with Crippen LogP contribution in [0, 0.1) is 0 Å². The van der Waals surface area contributed by atoms with E-state index in [0.29, 0.717) is 19.6 Å². The lowest BCUT2D eigenvalue weighted by molar-refractivity contribution is 0.0335. The third-order valence-corrected chi connectivity index (χ3v) is 6.82. The SMILES string of the molecule is CC(C)=CCN1CCN(C(=O)c2cc(C(C)C)no2)[C@H]2CS(=O)(=O)C[C@H]21. The molecule has 2 aliphatic heterocycles. The molecule has 26 heavy (non-hydrogen) atoms. The Morgan fingerprint density at radius 2 is 2.00 bits per heavy atom. The summed E-state index contributed by atoms with van der Waals surface area (Å²) in [6.07, 6.45) is 2.10. The predicted octanol–water partition coefficient (Wildman–Crippen LogP) is 1.69. The Hall–Kier alpha value is -1.67. The average molecular weight is 381 g/mol. The molecule has 0 radical (unpaired) electrons. The van der Waals surface area contributed by atoms with Gasteiger partial charge in [-0.25, -0.2) is 8.42 Å². The fraction of sp³-hybridized carbons (Fsp3) is 0.667. The van der Waals surface area contributed by atoms with E-state index in [1.54, 1.807) is 11.0 Å². The molecule has 0 N–H and O–H groups in total. The first-order valence-corrected chi connectivity index (χ1v) is 10.9. The molecule has 0 saturated carbocycles. The summed E-state index contributed by atoms with van der Waals surface area (Å²) < 4.78 is 29.8. The number of rotatable bonds is 4. The van der Waals surface area contributed by atoms with Gasteiger partial charge in [-0.2, -0.15) is 0 Å². The van der Waals surface area contributed by atoms with Gasteiger partial charge >= 0.3 is 0 Å². The maximum atomic E-state index is 12.9. The normalized spacial score (nSPS) is 25.3. The van der Waals surface area contributed by atoms with E-state index >= 15 is 0 Å². The Balaban J connectivity index is 1.83. The average Bonchev–Trinajstić information content (AvgIpc) is 3.15. The molecule has 0 aromatic carbocycles. The van der Waals surface area contributed by atoms with Crippen molar-refractivity contribution >= 4 is 15.7 Å². The van der Waals surface area contributed by atoms with Crippen LogP contribution in [0.5, 0.6) is 0 Å². The van der Waals surface area contributed by atoms with E-state index in [1.807, 2.05) is 27.7 Å². The van der Waals surface area contributed by atoms with Crippen LogP contribution in [0.25, 0.3) is 0 Å². The zero-order valence-corrected chi connectivity index (χ0v) is 16.6. The summed E-state index contributed by atoms with van der Waals surface area (Å²) in [4.78, 5) is 16.8. The van der Waals surface area contributed by atoms with Crippen molar-refractivity contribution in [3.8, 4) is 0 Å². The van der Waals surface area contributed by atoms with Gasteiger partial charge in [0, 0.05) is 31.7 Å². The van der Waals surface area contributed by atoms with Crippen LogP contribution in [0.2, 0.25) is 0 Å². The standard InChI is InChI=1S/C18H27N3O4S/c1-12(2)5-6-20-7-8-21(16-11-26(23,24)10-15(16)20)18(22)17-9-14(13(3)4)19-25-17/h5,9,13,15-16H,6-8,10-11H2,1-4H3/t15-,16+/m1/s1. The van der Waals surface area contributed by atoms with Gasteiger partial charge in [0.2, 0.25) is 5.76 Å². The van der Waals surface area contributed by atoms with Crippen LogP contribution in [-0.2, 0) is 9.84 Å². The van der Waals surface area contributed by atoms with Gasteiger partial charge in [-0.05, 0) is 19.8 Å². The third kappa shape index (κ3) is 3.86. The number of piperazine rings is 1. The second-order valence-electron chi connectivity index (χ2n) is 7.76. The van der Waals surface area contributed by atoms with Gasteiger partial charge in [0.05, 0.1) is 23.2 Å². The molecule has 0 bridgehead atoms. The maximum Gasteiger partial charge on any atom is 0.292 e. The van der Waals surface area contributed by atoms with Gasteiger partial charge < -0.3 is 9.42 Å². The molecule has 2 fully saturated rings. The van der Waals surface area contributed by atoms with E-state index in [9.17, 15) is 13.2 Å². The monoisotopic (exact) mass is 381 g/mol. The molecule has 2 aliphatic rings. The van der Waals surface area contributed by atoms with E-state index in [-0.39, 0.29) is 41.2 Å². The molecule has 0 aliphatic carbocycles. The molecule has 8 heteroatoms. The van der Waals surface area contributed by atoms with Crippen LogP contribution in [0.15, 0.2) is 22.2 Å². The molecular formula is C18H27N3O4S. The molecule has 1 amide bonds. The number of carbonyl (C=O) groups excluding carboxylic acids is 1. The minimum atomic E-state index is -3.16. The minimum Gasteiger partial charge on any atom is -0.351 e. The number of amides is 1. The maximum absolute atomic E-state index is 12.9. The Bertz CT molecular complexity index is 808. The number of hydrogen-bond acceptors (Lipinski definition) is 6. The van der Waals surface area contributed by atoms with Gasteiger partial charge in [0.15, 0.2) is 9.84 Å². The number of fused-ring (bicyclic) bond motifs is 1. The molecule has 144 valence electrons. The summed E-state index contributed by atoms with van der Waals surface area (Å²) >= 11 is 0. The molecule has 1 aromatic rings. The summed E-state index contributed by atoms with van der Waals surface area (Å²) in [5.41, 5.74) is 1.93. The summed E-state index contributed by atoms with van der Waals surface area (Å²) in [6.45, 7) is 9.86. The van der Waals surface area contributed by atoms with Crippen LogP contribution in [-0.4, -0.2) is 72.5 Å². The topological polar surface area (TPSA) is 83.7 Å². The van der Waals surface area contributed by atoms with Crippen molar-refractivity contribution in [2.75, 3.05) is 31.1 Å². The van der Waals surface area contributed by atoms with E-state index in [4.69, 9.17) is 4.52 Å². The zero-order chi connectivity index (χ0) is 19.1. The van der Waals surface area contributed by atoms with Gasteiger partial charge in [-0.15, -0.1) is 0 Å². The number of aromatic nitrogens is 1. The first-order valence-electron chi connectivity index (χ1n) is 9.03. The van der Waals surface area contributed by atoms with Crippen molar-refractivity contribution in [2.24, 2.45) is 0 Å². The van der Waals surface area contributed by atoms with Crippen molar-refractivity contribution in [3.05, 3.63) is 29.2 Å². The van der Waals surface area contributed by atoms with E-state index in [1.165, 1.54) is 5.57 Å². The molecule has 2 atom stereocenters. The highest BCUT2D eigenvalue weighted by Gasteiger charge is 2.48. The fourth-order valence-corrected chi connectivity index (χ4v) is 5.62. The van der Waals surface area contributed by atoms with E-state index in [0.717, 1.165) is 5.69 Å². The van der Waals surface area contributed by atoms with Gasteiger partial charge in [0.25, 0.3) is 5.91 Å². The highest BCUT2D eigenvalue weighted by molar-refractivity contribution is 7.91. The Morgan fingerprint density at radius 3 is 2.62 bits per heavy atom. The summed E-state index contributed by atoms with van der Waals surface area (Å²) in [6, 6.07) is 1.17. The quantitative estimate of drug-likeness (QED) is 0.738. The Morgan fingerprint density at radius 1 is 1.31 bits per heavy atom. The summed E-state index contributed by atoms with van der Waals surface area (Å²) in [5, 5.41) is 3.95. The molecule has 0 unspecified atom stereocenters. The van der Waals surface area contributed by atoms with Crippen molar-refractivity contribution in [2.45, 2.75) is 45.7 Å². The first kappa shape index (κ1) is 19.1. The van der Waals surface area contributed by atoms with Crippen molar-refractivity contribution in [3.63, 3.8) is 0 Å². The highest BCUT2D eigenvalue weighted by atomic mass is 32.2. The first-order chi connectivity index (χ1) is 12.2. The molecule has 3 heterocycles. The lowest BCUT2D eigenvalue weighted by Crippen LogP contribution is -2.60. The smallest absolute Gasteiger partial charge is 0.292 e. The molecule has 2 saturated heterocycles. The van der Waals surface area contributed by atoms with Crippen molar-refractivity contribution in [1.82, 2.24) is 15.0 Å². The van der Waals surface area contributed by atoms with Gasteiger partial charge in [-0.3, -0.25) is 9.69 Å². The molecular weight excluding hydrogens is 354 g/mol. The number of nitrogens with zero attached hydrogens (tertiary/aromatic N) is 3. The highest BCUT2D eigenvalue weighted by Crippen LogP contribution is 2.28. The largest absolute Gasteiger partial charge is 0.351 e. The predicted molar refractivity (Wildman–Crippen MR) is 98.9 cm³/mol. The summed E-state index contributed by atoms with van der Waals surface area (Å²) in [7, 11) is -3.16. The minimum absolute atomic E-state index is 0.0138. The number of allylic oxidation sites excluding steroid dienone is 1. The number of hydrogen-bond donors (Lipinski definition) is 0. The third-order valence-electron chi connectivity index (χ3n) is 5.12. The number of sulfone groups is 1. The number of carbonyl (C=O) groups is 1. The van der Waals surface area contributed by atoms with Gasteiger partial charge in [-0.1, -0.05) is 30.7 Å². The van der Waals surface area contributed by atoms with Crippen LogP contribution in [0.3, 0.4) is 0 Å². The Labute approximate surface area is 154 Å². The van der Waals surface area contributed by atoms with Crippen LogP contribution >= 0.6 is 0 Å².